The first-order chi connectivity index (χ1) is 13.0. The Bertz CT molecular complexity index is 866. The lowest BCUT2D eigenvalue weighted by Gasteiger charge is -2.11. The van der Waals surface area contributed by atoms with Crippen molar-refractivity contribution in [1.29, 1.82) is 5.26 Å². The zero-order valence-electron chi connectivity index (χ0n) is 14.7. The number of ether oxygens (including phenoxy) is 2. The SMILES string of the molecule is CCOc1cc(C=C(C#N)C(=O)NCc2ccco2)ccc1OCC(N)=O. The number of hydrogen-bond donors (Lipinski definition) is 2. The van der Waals surface area contributed by atoms with Crippen molar-refractivity contribution in [3.05, 3.63) is 53.5 Å². The van der Waals surface area contributed by atoms with Gasteiger partial charge in [-0.15, -0.1) is 0 Å². The Kier molecular flexibility index (Phi) is 7.02. The molecular weight excluding hydrogens is 350 g/mol. The van der Waals surface area contributed by atoms with Gasteiger partial charge in [0.1, 0.15) is 17.4 Å². The molecule has 8 nitrogen and oxygen atoms in total. The maximum atomic E-state index is 12.2. The standard InChI is InChI=1S/C19H19N3O5/c1-2-25-17-9-13(5-6-16(17)27-12-18(21)23)8-14(10-20)19(24)22-11-15-4-3-7-26-15/h3-9H,2,11-12H2,1H3,(H2,21,23)(H,22,24). The molecule has 0 saturated heterocycles. The third kappa shape index (κ3) is 5.93. The zero-order valence-corrected chi connectivity index (χ0v) is 14.7. The number of furan rings is 1. The second-order valence-electron chi connectivity index (χ2n) is 5.33. The number of nitriles is 1. The molecule has 2 aromatic rings. The van der Waals surface area contributed by atoms with Crippen LogP contribution in [0.25, 0.3) is 6.08 Å². The molecule has 2 amide bonds. The van der Waals surface area contributed by atoms with Crippen LogP contribution in [-0.2, 0) is 16.1 Å². The normalized spacial score (nSPS) is 10.7. The Hall–Kier alpha value is -3.73. The molecule has 0 fully saturated rings. The van der Waals surface area contributed by atoms with E-state index in [1.165, 1.54) is 12.3 Å². The Morgan fingerprint density at radius 1 is 1.30 bits per heavy atom. The number of nitrogens with one attached hydrogen (secondary N) is 1. The fraction of sp³-hybridized carbons (Fsp3) is 0.211. The summed E-state index contributed by atoms with van der Waals surface area (Å²) in [7, 11) is 0. The lowest BCUT2D eigenvalue weighted by atomic mass is 10.1. The molecule has 1 heterocycles. The first-order valence-corrected chi connectivity index (χ1v) is 8.13. The molecule has 0 atom stereocenters. The number of amides is 2. The number of nitrogens with two attached hydrogens (primary N) is 1. The van der Waals surface area contributed by atoms with Crippen LogP contribution in [0.5, 0.6) is 11.5 Å². The third-order valence-corrected chi connectivity index (χ3v) is 3.32. The number of benzene rings is 1. The molecule has 0 aliphatic heterocycles. The summed E-state index contributed by atoms with van der Waals surface area (Å²) in [5.41, 5.74) is 5.56. The fourth-order valence-corrected chi connectivity index (χ4v) is 2.14. The highest BCUT2D eigenvalue weighted by molar-refractivity contribution is 6.01. The second-order valence-corrected chi connectivity index (χ2v) is 5.33. The highest BCUT2D eigenvalue weighted by atomic mass is 16.5. The van der Waals surface area contributed by atoms with E-state index in [4.69, 9.17) is 19.6 Å². The summed E-state index contributed by atoms with van der Waals surface area (Å²) in [5.74, 6) is 0.159. The van der Waals surface area contributed by atoms with Gasteiger partial charge < -0.3 is 24.9 Å². The summed E-state index contributed by atoms with van der Waals surface area (Å²) in [6.45, 7) is 2.06. The van der Waals surface area contributed by atoms with E-state index in [9.17, 15) is 14.9 Å². The summed E-state index contributed by atoms with van der Waals surface area (Å²) < 4.78 is 15.9. The molecule has 8 heteroatoms. The predicted molar refractivity (Wildman–Crippen MR) is 96.4 cm³/mol. The molecule has 0 aliphatic carbocycles. The molecular formula is C19H19N3O5. The van der Waals surface area contributed by atoms with Crippen LogP contribution in [-0.4, -0.2) is 25.0 Å². The zero-order chi connectivity index (χ0) is 19.6. The lowest BCUT2D eigenvalue weighted by Crippen LogP contribution is -2.23. The minimum absolute atomic E-state index is 0.0743. The maximum absolute atomic E-state index is 12.2. The smallest absolute Gasteiger partial charge is 0.262 e. The van der Waals surface area contributed by atoms with E-state index >= 15 is 0 Å². The van der Waals surface area contributed by atoms with Crippen LogP contribution in [0.3, 0.4) is 0 Å². The van der Waals surface area contributed by atoms with Crippen LogP contribution < -0.4 is 20.5 Å². The van der Waals surface area contributed by atoms with E-state index in [2.05, 4.69) is 5.32 Å². The molecule has 0 saturated carbocycles. The van der Waals surface area contributed by atoms with Crippen LogP contribution >= 0.6 is 0 Å². The molecule has 1 aromatic carbocycles. The molecule has 140 valence electrons. The van der Waals surface area contributed by atoms with E-state index in [1.54, 1.807) is 37.3 Å². The van der Waals surface area contributed by atoms with Gasteiger partial charge in [0.05, 0.1) is 19.4 Å². The minimum Gasteiger partial charge on any atom is -0.490 e. The highest BCUT2D eigenvalue weighted by Crippen LogP contribution is 2.29. The van der Waals surface area contributed by atoms with Gasteiger partial charge in [0.2, 0.25) is 0 Å². The highest BCUT2D eigenvalue weighted by Gasteiger charge is 2.12. The van der Waals surface area contributed by atoms with Gasteiger partial charge in [-0.3, -0.25) is 9.59 Å². The summed E-state index contributed by atoms with van der Waals surface area (Å²) in [6.07, 6.45) is 2.93. The van der Waals surface area contributed by atoms with Crippen LogP contribution in [0.1, 0.15) is 18.2 Å². The maximum Gasteiger partial charge on any atom is 0.262 e. The Labute approximate surface area is 156 Å². The summed E-state index contributed by atoms with van der Waals surface area (Å²) in [5, 5.41) is 11.9. The number of nitrogens with zero attached hydrogens (tertiary/aromatic N) is 1. The van der Waals surface area contributed by atoms with E-state index in [1.807, 2.05) is 6.07 Å². The van der Waals surface area contributed by atoms with Gasteiger partial charge in [-0.05, 0) is 42.8 Å². The third-order valence-electron chi connectivity index (χ3n) is 3.32. The van der Waals surface area contributed by atoms with Gasteiger partial charge in [0.25, 0.3) is 11.8 Å². The van der Waals surface area contributed by atoms with Crippen LogP contribution in [0, 0.1) is 11.3 Å². The largest absolute Gasteiger partial charge is 0.490 e. The van der Waals surface area contributed by atoms with Crippen molar-refractivity contribution >= 4 is 17.9 Å². The van der Waals surface area contributed by atoms with Gasteiger partial charge in [-0.2, -0.15) is 5.26 Å². The van der Waals surface area contributed by atoms with Gasteiger partial charge in [0.15, 0.2) is 18.1 Å². The van der Waals surface area contributed by atoms with Crippen LogP contribution in [0.2, 0.25) is 0 Å². The second kappa shape index (κ2) is 9.68. The quantitative estimate of drug-likeness (QED) is 0.512. The van der Waals surface area contributed by atoms with E-state index < -0.39 is 11.8 Å². The number of rotatable bonds is 9. The molecule has 1 aromatic heterocycles. The first-order valence-electron chi connectivity index (χ1n) is 8.13. The van der Waals surface area contributed by atoms with Crippen molar-refractivity contribution in [3.63, 3.8) is 0 Å². The molecule has 0 spiro atoms. The molecule has 2 rings (SSSR count). The van der Waals surface area contributed by atoms with Gasteiger partial charge >= 0.3 is 0 Å². The molecule has 0 bridgehead atoms. The summed E-state index contributed by atoms with van der Waals surface area (Å²) >= 11 is 0. The molecule has 0 aliphatic rings. The monoisotopic (exact) mass is 369 g/mol. The molecule has 0 unspecified atom stereocenters. The van der Waals surface area contributed by atoms with Crippen molar-refractivity contribution in [2.45, 2.75) is 13.5 Å². The molecule has 3 N–H and O–H groups in total. The molecule has 0 radical (unpaired) electrons. The first kappa shape index (κ1) is 19.6. The van der Waals surface area contributed by atoms with Crippen molar-refractivity contribution in [1.82, 2.24) is 5.32 Å². The average molecular weight is 369 g/mol. The number of primary amides is 1. The van der Waals surface area contributed by atoms with Crippen molar-refractivity contribution in [3.8, 4) is 17.6 Å². The number of hydrogen-bond acceptors (Lipinski definition) is 6. The van der Waals surface area contributed by atoms with E-state index in [0.29, 0.717) is 29.4 Å². The number of carbonyl (C=O) groups is 2. The van der Waals surface area contributed by atoms with Gasteiger partial charge in [0, 0.05) is 0 Å². The lowest BCUT2D eigenvalue weighted by molar-refractivity contribution is -0.120. The van der Waals surface area contributed by atoms with E-state index in [-0.39, 0.29) is 18.7 Å². The Balaban J connectivity index is 2.15. The summed E-state index contributed by atoms with van der Waals surface area (Å²) in [6, 6.07) is 10.1. The topological polar surface area (TPSA) is 128 Å². The fourth-order valence-electron chi connectivity index (χ4n) is 2.14. The van der Waals surface area contributed by atoms with Gasteiger partial charge in [-0.1, -0.05) is 6.07 Å². The van der Waals surface area contributed by atoms with E-state index in [0.717, 1.165) is 0 Å². The summed E-state index contributed by atoms with van der Waals surface area (Å²) in [4.78, 5) is 23.1. The van der Waals surface area contributed by atoms with Crippen LogP contribution in [0.15, 0.2) is 46.6 Å². The average Bonchev–Trinajstić information content (AvgIpc) is 3.17. The molecule has 27 heavy (non-hydrogen) atoms. The van der Waals surface area contributed by atoms with Gasteiger partial charge in [-0.25, -0.2) is 0 Å². The predicted octanol–water partition coefficient (Wildman–Crippen LogP) is 1.77. The number of carbonyl (C=O) groups excluding carboxylic acids is 2. The Morgan fingerprint density at radius 3 is 2.74 bits per heavy atom. The minimum atomic E-state index is -0.610. The van der Waals surface area contributed by atoms with Crippen molar-refractivity contribution in [2.75, 3.05) is 13.2 Å². The van der Waals surface area contributed by atoms with Crippen molar-refractivity contribution in [2.24, 2.45) is 5.73 Å². The van der Waals surface area contributed by atoms with Crippen LogP contribution in [0.4, 0.5) is 0 Å². The Morgan fingerprint density at radius 2 is 2.11 bits per heavy atom. The van der Waals surface area contributed by atoms with Crippen molar-refractivity contribution < 1.29 is 23.5 Å².